The average molecular weight is 1280 g/mol. The van der Waals surface area contributed by atoms with Gasteiger partial charge in [0.15, 0.2) is 0 Å². The molecule has 10 aromatic rings. The summed E-state index contributed by atoms with van der Waals surface area (Å²) in [5, 5.41) is 1.31. The maximum absolute atomic E-state index is 2.36. The van der Waals surface area contributed by atoms with Crippen LogP contribution in [0.15, 0.2) is 268 Å². The molecule has 9 aliphatic rings. The van der Waals surface area contributed by atoms with E-state index in [0.29, 0.717) is 5.92 Å². The van der Waals surface area contributed by atoms with E-state index in [2.05, 4.69) is 356 Å². The monoisotopic (exact) mass is 1270 g/mol. The molecule has 1 unspecified atom stereocenters. The SMILES string of the molecule is CN1C=CC2C=CC=C21.CN1C=CCc2ccccc21.CN1CCCc2ccccc21.CN1CCc2ccccc21.CN1CCc2ccccc2C1.CN1Cc2ccccc2C1.Cn1ccc2c1C=CC2.Cn1ccc2c1CC=C2.Cn1ccc2ccccc21.Cn1cccc1. The molecule has 10 heteroatoms. The van der Waals surface area contributed by atoms with E-state index in [1.165, 1.54) is 140 Å². The summed E-state index contributed by atoms with van der Waals surface area (Å²) >= 11 is 0. The number of anilines is 3. The van der Waals surface area contributed by atoms with Gasteiger partial charge < -0.3 is 42.8 Å². The molecule has 10 heterocycles. The van der Waals surface area contributed by atoms with Gasteiger partial charge in [-0.1, -0.05) is 164 Å². The van der Waals surface area contributed by atoms with E-state index in [1.54, 1.807) is 0 Å². The third-order valence-corrected chi connectivity index (χ3v) is 18.9. The summed E-state index contributed by atoms with van der Waals surface area (Å²) in [6.07, 6.45) is 42.4. The molecule has 3 aliphatic carbocycles. The van der Waals surface area contributed by atoms with Gasteiger partial charge in [0.25, 0.3) is 0 Å². The number of likely N-dealkylation sites (N-methyl/N-ethyl adjacent to an activating group) is 2. The van der Waals surface area contributed by atoms with E-state index in [0.717, 1.165) is 38.9 Å². The Labute approximate surface area is 574 Å². The van der Waals surface area contributed by atoms with Crippen molar-refractivity contribution in [2.45, 2.75) is 64.6 Å². The summed E-state index contributed by atoms with van der Waals surface area (Å²) in [5.74, 6) is 0.579. The first-order valence-corrected chi connectivity index (χ1v) is 34.3. The Morgan fingerprint density at radius 1 is 0.365 bits per heavy atom. The van der Waals surface area contributed by atoms with E-state index < -0.39 is 0 Å². The zero-order chi connectivity index (χ0) is 67.2. The van der Waals surface area contributed by atoms with Crippen molar-refractivity contribution in [3.8, 4) is 0 Å². The Morgan fingerprint density at radius 3 is 1.55 bits per heavy atom. The number of hydrogen-bond acceptors (Lipinski definition) is 6. The Hall–Kier alpha value is -9.74. The fourth-order valence-electron chi connectivity index (χ4n) is 13.3. The summed E-state index contributed by atoms with van der Waals surface area (Å²) in [4.78, 5) is 13.6. The summed E-state index contributed by atoms with van der Waals surface area (Å²) in [7, 11) is 21.0. The second-order valence-electron chi connectivity index (χ2n) is 26.1. The van der Waals surface area contributed by atoms with Gasteiger partial charge in [-0.15, -0.1) is 0 Å². The second-order valence-corrected chi connectivity index (χ2v) is 26.1. The first-order valence-electron chi connectivity index (χ1n) is 34.3. The van der Waals surface area contributed by atoms with Gasteiger partial charge in [-0.25, -0.2) is 0 Å². The molecule has 4 aromatic heterocycles. The van der Waals surface area contributed by atoms with E-state index in [1.807, 2.05) is 36.1 Å². The van der Waals surface area contributed by atoms with Crippen molar-refractivity contribution >= 4 is 40.1 Å². The van der Waals surface area contributed by atoms with Gasteiger partial charge in [0.2, 0.25) is 0 Å². The van der Waals surface area contributed by atoms with E-state index in [9.17, 15) is 0 Å². The topological polar surface area (TPSA) is 39.2 Å². The molecule has 0 saturated carbocycles. The molecule has 6 aliphatic heterocycles. The van der Waals surface area contributed by atoms with Gasteiger partial charge in [0.05, 0.1) is 0 Å². The first-order chi connectivity index (χ1) is 46.8. The fraction of sp³-hybridized carbons (Fsp3) is 0.279. The van der Waals surface area contributed by atoms with Crippen LogP contribution in [0, 0.1) is 5.92 Å². The largest absolute Gasteiger partial charge is 0.374 e. The van der Waals surface area contributed by atoms with Crippen molar-refractivity contribution in [1.29, 1.82) is 0 Å². The zero-order valence-electron chi connectivity index (χ0n) is 58.7. The molecule has 496 valence electrons. The number of hydrogen-bond donors (Lipinski definition) is 0. The summed E-state index contributed by atoms with van der Waals surface area (Å²) < 4.78 is 8.45. The lowest BCUT2D eigenvalue weighted by Gasteiger charge is -2.26. The number of aromatic nitrogens is 4. The molecule has 0 fully saturated rings. The smallest absolute Gasteiger partial charge is 0.0477 e. The van der Waals surface area contributed by atoms with E-state index in [-0.39, 0.29) is 0 Å². The average Bonchev–Trinajstić information content (AvgIpc) is 1.71. The van der Waals surface area contributed by atoms with Crippen molar-refractivity contribution < 1.29 is 0 Å². The third kappa shape index (κ3) is 19.0. The van der Waals surface area contributed by atoms with Crippen LogP contribution in [0.1, 0.15) is 67.9 Å². The minimum atomic E-state index is 0.579. The Balaban J connectivity index is 0.000000116. The first kappa shape index (κ1) is 69.1. The van der Waals surface area contributed by atoms with Crippen LogP contribution in [-0.4, -0.2) is 94.9 Å². The number of allylic oxidation sites excluding steroid dienone is 6. The number of aryl methyl sites for hydroxylation is 5. The van der Waals surface area contributed by atoms with Gasteiger partial charge in [-0.2, -0.15) is 0 Å². The van der Waals surface area contributed by atoms with Gasteiger partial charge >= 0.3 is 0 Å². The van der Waals surface area contributed by atoms with Crippen molar-refractivity contribution in [2.75, 3.05) is 76.6 Å². The Bertz CT molecular complexity index is 4230. The maximum atomic E-state index is 2.36. The number of para-hydroxylation sites is 4. The minimum absolute atomic E-state index is 0.579. The van der Waals surface area contributed by atoms with Crippen molar-refractivity contribution in [3.63, 3.8) is 0 Å². The fourth-order valence-corrected chi connectivity index (χ4v) is 13.3. The Morgan fingerprint density at radius 2 is 0.917 bits per heavy atom. The van der Waals surface area contributed by atoms with Crippen LogP contribution in [0.2, 0.25) is 0 Å². The highest BCUT2D eigenvalue weighted by Gasteiger charge is 2.20. The van der Waals surface area contributed by atoms with Gasteiger partial charge in [-0.05, 0) is 175 Å². The highest BCUT2D eigenvalue weighted by atomic mass is 15.1. The summed E-state index contributed by atoms with van der Waals surface area (Å²) in [6, 6.07) is 61.9. The highest BCUT2D eigenvalue weighted by molar-refractivity contribution is 5.79. The second kappa shape index (κ2) is 34.6. The quantitative estimate of drug-likeness (QED) is 0.151. The van der Waals surface area contributed by atoms with Gasteiger partial charge in [-0.3, -0.25) is 4.90 Å². The molecule has 0 amide bonds. The van der Waals surface area contributed by atoms with E-state index in [4.69, 9.17) is 0 Å². The standard InChI is InChI=1S/C10H13N.C10H11N.C10H13N.2C9H11N.C9H9N.3C8H9N.C5H7N/c2*1-11-8-4-6-9-5-2-3-7-10(9)11;1-11-7-6-9-4-2-3-5-10(9)8-11;1-10-6-8-4-2-3-5-9(8)7-10;2*1-10-7-6-8-4-2-3-5-9(8)10;3*1-9-6-5-7-3-2-4-8(7)9;1-6-4-2-3-5-6/h2-3,5,7H,4,6,8H2,1H3;2-5,7-8H,6H2,1H3;2-5H,6-8H2,1H3;2*2-5H,6-7H2,1H3;2-7H,1H3;2,4-6H,3H2,1H3;2-3,5-6H,4H2,1H3;2-7H,1H3;2-5H,1H3. The number of nitrogens with zero attached hydrogens (tertiary/aromatic N) is 10. The molecule has 0 spiro atoms. The van der Waals surface area contributed by atoms with Crippen LogP contribution < -0.4 is 14.7 Å². The maximum Gasteiger partial charge on any atom is 0.0477 e. The van der Waals surface area contributed by atoms with Gasteiger partial charge in [0, 0.05) is 191 Å². The summed E-state index contributed by atoms with van der Waals surface area (Å²) in [6.45, 7) is 6.95. The molecule has 0 N–H and O–H groups in total. The predicted octanol–water partition coefficient (Wildman–Crippen LogP) is 17.2. The molecule has 0 saturated heterocycles. The third-order valence-electron chi connectivity index (χ3n) is 18.9. The predicted molar refractivity (Wildman–Crippen MR) is 409 cm³/mol. The van der Waals surface area contributed by atoms with Crippen LogP contribution >= 0.6 is 0 Å². The molecule has 0 bridgehead atoms. The van der Waals surface area contributed by atoms with Crippen molar-refractivity contribution in [2.24, 2.45) is 34.1 Å². The lowest BCUT2D eigenvalue weighted by Crippen LogP contribution is -2.26. The van der Waals surface area contributed by atoms with E-state index >= 15 is 0 Å². The summed E-state index contributed by atoms with van der Waals surface area (Å²) in [5.41, 5.74) is 22.9. The zero-order valence-corrected chi connectivity index (χ0v) is 58.7. The molecule has 10 nitrogen and oxygen atoms in total. The van der Waals surface area contributed by atoms with Crippen LogP contribution in [0.3, 0.4) is 0 Å². The van der Waals surface area contributed by atoms with Crippen LogP contribution in [0.5, 0.6) is 0 Å². The normalized spacial score (nSPS) is 16.1. The highest BCUT2D eigenvalue weighted by Crippen LogP contribution is 2.30. The van der Waals surface area contributed by atoms with Gasteiger partial charge in [0.1, 0.15) is 0 Å². The molecular weight excluding hydrogens is 1170 g/mol. The van der Waals surface area contributed by atoms with Crippen LogP contribution in [0.4, 0.5) is 17.1 Å². The molecule has 6 aromatic carbocycles. The molecule has 96 heavy (non-hydrogen) atoms. The Kier molecular flexibility index (Phi) is 24.9. The number of benzene rings is 6. The molecular formula is C86H102N10. The van der Waals surface area contributed by atoms with Crippen LogP contribution in [0.25, 0.3) is 23.1 Å². The number of fused-ring (bicyclic) bond motifs is 9. The minimum Gasteiger partial charge on any atom is -0.374 e. The molecule has 1 atom stereocenters. The van der Waals surface area contributed by atoms with Crippen molar-refractivity contribution in [3.05, 3.63) is 329 Å². The van der Waals surface area contributed by atoms with Crippen molar-refractivity contribution in [1.82, 2.24) is 33.0 Å². The lowest BCUT2D eigenvalue weighted by atomic mass is 10.0. The molecule has 19 rings (SSSR count). The van der Waals surface area contributed by atoms with Crippen LogP contribution in [-0.2, 0) is 86.3 Å². The lowest BCUT2D eigenvalue weighted by molar-refractivity contribution is 0.313. The molecule has 0 radical (unpaired) electrons. The number of rotatable bonds is 0.